The number of hydrogen-bond donors (Lipinski definition) is 3. The monoisotopic (exact) mass is 474 g/mol. The van der Waals surface area contributed by atoms with Crippen LogP contribution in [0.2, 0.25) is 0 Å². The number of carbonyl (C=O) groups is 3. The molecule has 8 heteroatoms. The highest BCUT2D eigenvalue weighted by molar-refractivity contribution is 6.04. The average molecular weight is 475 g/mol. The summed E-state index contributed by atoms with van der Waals surface area (Å²) in [6.45, 7) is 1.77. The topological polar surface area (TPSA) is 114 Å². The van der Waals surface area contributed by atoms with Gasteiger partial charge in [-0.15, -0.1) is 0 Å². The number of rotatable bonds is 8. The summed E-state index contributed by atoms with van der Waals surface area (Å²) in [4.78, 5) is 36.8. The third kappa shape index (κ3) is 4.96. The zero-order valence-corrected chi connectivity index (χ0v) is 19.4. The SMILES string of the molecule is CC[C@H](NC(=O)c1ccc(OC)cc1NC(=O)OCC1c2ccccc2-c2ccccc21)C(=O)O. The number of benzene rings is 3. The quantitative estimate of drug-likeness (QED) is 0.438. The Kier molecular flexibility index (Phi) is 7.01. The number of anilines is 1. The number of fused-ring (bicyclic) bond motifs is 3. The molecule has 4 rings (SSSR count). The van der Waals surface area contributed by atoms with Gasteiger partial charge in [0.25, 0.3) is 5.91 Å². The average Bonchev–Trinajstić information content (AvgIpc) is 3.19. The van der Waals surface area contributed by atoms with Gasteiger partial charge in [-0.2, -0.15) is 0 Å². The van der Waals surface area contributed by atoms with Gasteiger partial charge in [0, 0.05) is 12.0 Å². The summed E-state index contributed by atoms with van der Waals surface area (Å²) in [6, 6.07) is 19.5. The molecular formula is C27H26N2O6. The first-order chi connectivity index (χ1) is 16.9. The molecule has 180 valence electrons. The van der Waals surface area contributed by atoms with Gasteiger partial charge in [0.15, 0.2) is 0 Å². The van der Waals surface area contributed by atoms with E-state index in [1.54, 1.807) is 13.0 Å². The molecule has 0 radical (unpaired) electrons. The normalized spacial score (nSPS) is 12.7. The Hall–Kier alpha value is -4.33. The molecule has 0 aromatic heterocycles. The highest BCUT2D eigenvalue weighted by atomic mass is 16.5. The zero-order chi connectivity index (χ0) is 24.9. The van der Waals surface area contributed by atoms with Crippen LogP contribution < -0.4 is 15.4 Å². The molecule has 0 bridgehead atoms. The molecule has 1 atom stereocenters. The van der Waals surface area contributed by atoms with Crippen LogP contribution in [0.4, 0.5) is 10.5 Å². The van der Waals surface area contributed by atoms with E-state index >= 15 is 0 Å². The fourth-order valence-electron chi connectivity index (χ4n) is 4.27. The Morgan fingerprint density at radius 1 is 0.971 bits per heavy atom. The minimum absolute atomic E-state index is 0.0963. The number of ether oxygens (including phenoxy) is 2. The standard InChI is InChI=1S/C27H26N2O6/c1-3-23(26(31)32)28-25(30)21-13-12-16(34-2)14-24(21)29-27(33)35-15-22-19-10-6-4-8-17(19)18-9-5-7-11-20(18)22/h4-14,22-23H,3,15H2,1-2H3,(H,28,30)(H,29,33)(H,31,32)/t23-/m0/s1. The van der Waals surface area contributed by atoms with Crippen LogP contribution in [0.3, 0.4) is 0 Å². The molecule has 2 amide bonds. The highest BCUT2D eigenvalue weighted by Gasteiger charge is 2.29. The molecule has 0 heterocycles. The van der Waals surface area contributed by atoms with E-state index in [-0.39, 0.29) is 30.2 Å². The van der Waals surface area contributed by atoms with Crippen molar-refractivity contribution in [2.45, 2.75) is 25.3 Å². The number of carboxylic acids is 1. The summed E-state index contributed by atoms with van der Waals surface area (Å²) in [7, 11) is 1.46. The van der Waals surface area contributed by atoms with Crippen LogP contribution in [0.25, 0.3) is 11.1 Å². The van der Waals surface area contributed by atoms with Crippen LogP contribution in [0.1, 0.15) is 40.7 Å². The summed E-state index contributed by atoms with van der Waals surface area (Å²) >= 11 is 0. The predicted octanol–water partition coefficient (Wildman–Crippen LogP) is 4.65. The number of carbonyl (C=O) groups excluding carboxylic acids is 2. The Balaban J connectivity index is 1.50. The van der Waals surface area contributed by atoms with Crippen molar-refractivity contribution in [1.29, 1.82) is 0 Å². The molecule has 0 fully saturated rings. The van der Waals surface area contributed by atoms with E-state index in [4.69, 9.17) is 9.47 Å². The minimum atomic E-state index is -1.14. The Labute approximate surface area is 202 Å². The van der Waals surface area contributed by atoms with E-state index < -0.39 is 24.0 Å². The van der Waals surface area contributed by atoms with E-state index in [0.29, 0.717) is 5.75 Å². The van der Waals surface area contributed by atoms with E-state index in [0.717, 1.165) is 22.3 Å². The van der Waals surface area contributed by atoms with Gasteiger partial charge in [-0.25, -0.2) is 9.59 Å². The van der Waals surface area contributed by atoms with Crippen LogP contribution in [0.5, 0.6) is 5.75 Å². The van der Waals surface area contributed by atoms with Crippen molar-refractivity contribution in [1.82, 2.24) is 5.32 Å². The van der Waals surface area contributed by atoms with Crippen molar-refractivity contribution >= 4 is 23.7 Å². The van der Waals surface area contributed by atoms with Crippen molar-refractivity contribution in [2.24, 2.45) is 0 Å². The molecule has 0 spiro atoms. The maximum atomic E-state index is 12.8. The number of amides is 2. The van der Waals surface area contributed by atoms with Crippen LogP contribution >= 0.6 is 0 Å². The first-order valence-corrected chi connectivity index (χ1v) is 11.3. The summed E-state index contributed by atoms with van der Waals surface area (Å²) in [5.74, 6) is -1.46. The molecule has 0 saturated heterocycles. The lowest BCUT2D eigenvalue weighted by Gasteiger charge is -2.17. The van der Waals surface area contributed by atoms with Gasteiger partial charge >= 0.3 is 12.1 Å². The second-order valence-electron chi connectivity index (χ2n) is 8.13. The minimum Gasteiger partial charge on any atom is -0.497 e. The van der Waals surface area contributed by atoms with Gasteiger partial charge in [-0.05, 0) is 40.8 Å². The lowest BCUT2D eigenvalue weighted by Crippen LogP contribution is -2.40. The molecule has 35 heavy (non-hydrogen) atoms. The summed E-state index contributed by atoms with van der Waals surface area (Å²) in [5.41, 5.74) is 4.66. The second kappa shape index (κ2) is 10.3. The van der Waals surface area contributed by atoms with Crippen molar-refractivity contribution in [3.8, 4) is 16.9 Å². The molecule has 3 aromatic carbocycles. The zero-order valence-electron chi connectivity index (χ0n) is 19.4. The van der Waals surface area contributed by atoms with Gasteiger partial charge in [-0.3, -0.25) is 10.1 Å². The Bertz CT molecular complexity index is 1230. The predicted molar refractivity (Wildman–Crippen MR) is 131 cm³/mol. The maximum absolute atomic E-state index is 12.8. The molecule has 1 aliphatic rings. The molecular weight excluding hydrogens is 448 g/mol. The van der Waals surface area contributed by atoms with Crippen molar-refractivity contribution in [2.75, 3.05) is 19.0 Å². The molecule has 1 aliphatic carbocycles. The third-order valence-corrected chi connectivity index (χ3v) is 6.06. The summed E-state index contributed by atoms with van der Waals surface area (Å²) in [5, 5.41) is 14.3. The van der Waals surface area contributed by atoms with E-state index in [2.05, 4.69) is 22.8 Å². The van der Waals surface area contributed by atoms with Crippen LogP contribution in [-0.4, -0.2) is 42.8 Å². The van der Waals surface area contributed by atoms with Gasteiger partial charge in [-0.1, -0.05) is 55.5 Å². The molecule has 0 unspecified atom stereocenters. The van der Waals surface area contributed by atoms with Crippen LogP contribution in [0.15, 0.2) is 66.7 Å². The third-order valence-electron chi connectivity index (χ3n) is 6.06. The second-order valence-corrected chi connectivity index (χ2v) is 8.13. The lowest BCUT2D eigenvalue weighted by atomic mass is 9.98. The van der Waals surface area contributed by atoms with Crippen molar-refractivity contribution in [3.05, 3.63) is 83.4 Å². The number of hydrogen-bond acceptors (Lipinski definition) is 5. The van der Waals surface area contributed by atoms with Crippen molar-refractivity contribution in [3.63, 3.8) is 0 Å². The molecule has 3 aromatic rings. The van der Waals surface area contributed by atoms with Gasteiger partial charge in [0.05, 0.1) is 18.4 Å². The number of aliphatic carboxylic acids is 1. The van der Waals surface area contributed by atoms with Crippen LogP contribution in [0, 0.1) is 0 Å². The fourth-order valence-corrected chi connectivity index (χ4v) is 4.27. The fraction of sp³-hybridized carbons (Fsp3) is 0.222. The largest absolute Gasteiger partial charge is 0.497 e. The maximum Gasteiger partial charge on any atom is 0.411 e. The molecule has 0 saturated carbocycles. The highest BCUT2D eigenvalue weighted by Crippen LogP contribution is 2.44. The first-order valence-electron chi connectivity index (χ1n) is 11.3. The van der Waals surface area contributed by atoms with Gasteiger partial charge in [0.1, 0.15) is 18.4 Å². The Morgan fingerprint density at radius 3 is 2.17 bits per heavy atom. The van der Waals surface area contributed by atoms with E-state index in [9.17, 15) is 19.5 Å². The molecule has 3 N–H and O–H groups in total. The number of nitrogens with one attached hydrogen (secondary N) is 2. The number of carboxylic acid groups (broad SMARTS) is 1. The molecule has 0 aliphatic heterocycles. The Morgan fingerprint density at radius 2 is 1.60 bits per heavy atom. The summed E-state index contributed by atoms with van der Waals surface area (Å²) < 4.78 is 10.8. The van der Waals surface area contributed by atoms with E-state index in [1.807, 2.05) is 36.4 Å². The first kappa shape index (κ1) is 23.8. The lowest BCUT2D eigenvalue weighted by molar-refractivity contribution is -0.139. The van der Waals surface area contributed by atoms with Crippen molar-refractivity contribution < 1.29 is 29.0 Å². The van der Waals surface area contributed by atoms with Crippen LogP contribution in [-0.2, 0) is 9.53 Å². The molecule has 8 nitrogen and oxygen atoms in total. The van der Waals surface area contributed by atoms with Gasteiger partial charge < -0.3 is 19.9 Å². The summed E-state index contributed by atoms with van der Waals surface area (Å²) in [6.07, 6.45) is -0.522. The van der Waals surface area contributed by atoms with Gasteiger partial charge in [0.2, 0.25) is 0 Å². The smallest absolute Gasteiger partial charge is 0.411 e. The van der Waals surface area contributed by atoms with E-state index in [1.165, 1.54) is 19.2 Å². The number of methoxy groups -OCH3 is 1.